The number of amides is 5. The van der Waals surface area contributed by atoms with Gasteiger partial charge in [0.05, 0.1) is 6.42 Å². The average Bonchev–Trinajstić information content (AvgIpc) is 3.72. The molecule has 14 heteroatoms. The lowest BCUT2D eigenvalue weighted by Crippen LogP contribution is -2.64. The predicted molar refractivity (Wildman–Crippen MR) is 173 cm³/mol. The van der Waals surface area contributed by atoms with Crippen LogP contribution in [0.1, 0.15) is 92.9 Å². The standard InChI is InChI=1S/C33H53N5O9/c1-7-21(8-2)27(40)36-25(20(5)6)29(42)34-22(18-24(39)38-15-11-12-16-38)28(41)37-26(33(32(46)47)13-9-10-14-33)30(43)35-23(31(44)45)17-19(3)4/h9-10,19-23,25-26H,7-8,11-18H2,1-6H3,(H,34,42)(H,35,43)(H,36,40)(H,37,41)(H,44,45)(H,46,47)/t22-,23-,25-,26+/m0/s1. The molecule has 2 aliphatic rings. The molecule has 0 radical (unpaired) electrons. The zero-order chi connectivity index (χ0) is 35.5. The van der Waals surface area contributed by atoms with E-state index in [2.05, 4.69) is 21.3 Å². The zero-order valence-corrected chi connectivity index (χ0v) is 28.5. The van der Waals surface area contributed by atoms with Gasteiger partial charge in [0.1, 0.15) is 29.6 Å². The van der Waals surface area contributed by atoms with E-state index in [1.54, 1.807) is 44.7 Å². The Labute approximate surface area is 276 Å². The van der Waals surface area contributed by atoms with Crippen LogP contribution in [-0.4, -0.2) is 93.8 Å². The van der Waals surface area contributed by atoms with Crippen LogP contribution in [0.25, 0.3) is 0 Å². The van der Waals surface area contributed by atoms with Gasteiger partial charge in [-0.25, -0.2) is 4.79 Å². The highest BCUT2D eigenvalue weighted by Gasteiger charge is 2.51. The minimum absolute atomic E-state index is 0.0578. The second-order valence-electron chi connectivity index (χ2n) is 13.4. The second kappa shape index (κ2) is 17.8. The van der Waals surface area contributed by atoms with Gasteiger partial charge in [0, 0.05) is 19.0 Å². The lowest BCUT2D eigenvalue weighted by atomic mass is 9.77. The van der Waals surface area contributed by atoms with Gasteiger partial charge in [0.25, 0.3) is 0 Å². The van der Waals surface area contributed by atoms with Gasteiger partial charge in [-0.05, 0) is 56.8 Å². The number of aliphatic carboxylic acids is 2. The van der Waals surface area contributed by atoms with Crippen molar-refractivity contribution in [3.63, 3.8) is 0 Å². The van der Waals surface area contributed by atoms with Crippen LogP contribution in [0.15, 0.2) is 12.2 Å². The summed E-state index contributed by atoms with van der Waals surface area (Å²) in [5.41, 5.74) is -1.84. The fraction of sp³-hybridized carbons (Fsp3) is 0.727. The summed E-state index contributed by atoms with van der Waals surface area (Å²) in [6.45, 7) is 11.7. The van der Waals surface area contributed by atoms with E-state index < -0.39 is 77.5 Å². The largest absolute Gasteiger partial charge is 0.481 e. The smallest absolute Gasteiger partial charge is 0.326 e. The molecule has 4 atom stereocenters. The van der Waals surface area contributed by atoms with Gasteiger partial charge in [0.2, 0.25) is 29.5 Å². The van der Waals surface area contributed by atoms with E-state index in [1.165, 1.54) is 0 Å². The maximum Gasteiger partial charge on any atom is 0.326 e. The summed E-state index contributed by atoms with van der Waals surface area (Å²) in [5, 5.41) is 30.3. The third-order valence-corrected chi connectivity index (χ3v) is 9.05. The van der Waals surface area contributed by atoms with Crippen LogP contribution in [0.3, 0.4) is 0 Å². The van der Waals surface area contributed by atoms with Gasteiger partial charge >= 0.3 is 11.9 Å². The first-order valence-corrected chi connectivity index (χ1v) is 16.7. The number of likely N-dealkylation sites (tertiary alicyclic amines) is 1. The normalized spacial score (nSPS) is 18.0. The Kier molecular flexibility index (Phi) is 14.9. The van der Waals surface area contributed by atoms with Gasteiger partial charge < -0.3 is 36.4 Å². The molecule has 0 spiro atoms. The predicted octanol–water partition coefficient (Wildman–Crippen LogP) is 1.58. The molecule has 0 unspecified atom stereocenters. The number of carbonyl (C=O) groups excluding carboxylic acids is 5. The fourth-order valence-corrected chi connectivity index (χ4v) is 6.06. The van der Waals surface area contributed by atoms with Crippen LogP contribution in [0.5, 0.6) is 0 Å². The molecule has 0 saturated carbocycles. The quantitative estimate of drug-likeness (QED) is 0.117. The average molecular weight is 664 g/mol. The minimum Gasteiger partial charge on any atom is -0.481 e. The number of nitrogens with one attached hydrogen (secondary N) is 4. The van der Waals surface area contributed by atoms with Crippen LogP contribution in [-0.2, 0) is 33.6 Å². The van der Waals surface area contributed by atoms with Gasteiger partial charge in [-0.3, -0.25) is 28.8 Å². The number of hydrogen-bond donors (Lipinski definition) is 6. The second-order valence-corrected chi connectivity index (χ2v) is 13.4. The summed E-state index contributed by atoms with van der Waals surface area (Å²) >= 11 is 0. The molecule has 1 saturated heterocycles. The molecule has 1 heterocycles. The van der Waals surface area contributed by atoms with Crippen LogP contribution in [0.4, 0.5) is 0 Å². The zero-order valence-electron chi connectivity index (χ0n) is 28.5. The van der Waals surface area contributed by atoms with Gasteiger partial charge in [-0.2, -0.15) is 0 Å². The number of rotatable bonds is 18. The van der Waals surface area contributed by atoms with Crippen LogP contribution in [0.2, 0.25) is 0 Å². The van der Waals surface area contributed by atoms with E-state index in [0.29, 0.717) is 25.9 Å². The van der Waals surface area contributed by atoms with Crippen molar-refractivity contribution >= 4 is 41.5 Å². The maximum atomic E-state index is 14.0. The van der Waals surface area contributed by atoms with E-state index in [4.69, 9.17) is 0 Å². The van der Waals surface area contributed by atoms with E-state index >= 15 is 0 Å². The molecular weight excluding hydrogens is 610 g/mol. The van der Waals surface area contributed by atoms with Crippen molar-refractivity contribution in [1.29, 1.82) is 0 Å². The Morgan fingerprint density at radius 1 is 0.745 bits per heavy atom. The van der Waals surface area contributed by atoms with E-state index in [1.807, 2.05) is 13.8 Å². The van der Waals surface area contributed by atoms with E-state index in [9.17, 15) is 43.8 Å². The van der Waals surface area contributed by atoms with Gasteiger partial charge in [-0.15, -0.1) is 0 Å². The lowest BCUT2D eigenvalue weighted by Gasteiger charge is -2.35. The van der Waals surface area contributed by atoms with Crippen molar-refractivity contribution in [2.75, 3.05) is 13.1 Å². The molecule has 1 fully saturated rings. The number of nitrogens with zero attached hydrogens (tertiary/aromatic N) is 1. The lowest BCUT2D eigenvalue weighted by molar-refractivity contribution is -0.155. The van der Waals surface area contributed by atoms with Gasteiger partial charge in [-0.1, -0.05) is 53.7 Å². The molecule has 0 aromatic carbocycles. The van der Waals surface area contributed by atoms with Crippen molar-refractivity contribution in [3.05, 3.63) is 12.2 Å². The van der Waals surface area contributed by atoms with E-state index in [0.717, 1.165) is 12.8 Å². The molecule has 1 aliphatic heterocycles. The Morgan fingerprint density at radius 2 is 1.30 bits per heavy atom. The summed E-state index contributed by atoms with van der Waals surface area (Å²) < 4.78 is 0. The number of allylic oxidation sites excluding steroid dienone is 2. The first-order chi connectivity index (χ1) is 22.1. The van der Waals surface area contributed by atoms with Crippen molar-refractivity contribution in [2.24, 2.45) is 23.2 Å². The minimum atomic E-state index is -1.84. The Morgan fingerprint density at radius 3 is 1.77 bits per heavy atom. The molecule has 1 aliphatic carbocycles. The molecular formula is C33H53N5O9. The molecule has 0 bridgehead atoms. The Bertz CT molecular complexity index is 1180. The summed E-state index contributed by atoms with van der Waals surface area (Å²) in [6, 6.07) is -5.66. The first-order valence-electron chi connectivity index (χ1n) is 16.7. The van der Waals surface area contributed by atoms with Crippen LogP contribution < -0.4 is 21.3 Å². The fourth-order valence-electron chi connectivity index (χ4n) is 6.06. The molecule has 0 aromatic rings. The third kappa shape index (κ3) is 10.5. The molecule has 2 rings (SSSR count). The number of carboxylic acids is 2. The van der Waals surface area contributed by atoms with Crippen molar-refractivity contribution in [3.8, 4) is 0 Å². The van der Waals surface area contributed by atoms with Crippen molar-refractivity contribution in [1.82, 2.24) is 26.2 Å². The molecule has 5 amide bonds. The number of hydrogen-bond acceptors (Lipinski definition) is 7. The van der Waals surface area contributed by atoms with Crippen molar-refractivity contribution < 1.29 is 43.8 Å². The maximum absolute atomic E-state index is 14.0. The highest BCUT2D eigenvalue weighted by Crippen LogP contribution is 2.37. The Hall–Kier alpha value is -3.97. The Balaban J connectivity index is 2.46. The number of carbonyl (C=O) groups is 7. The summed E-state index contributed by atoms with van der Waals surface area (Å²) in [6.07, 6.45) is 5.16. The molecule has 14 nitrogen and oxygen atoms in total. The van der Waals surface area contributed by atoms with Crippen LogP contribution in [0, 0.1) is 23.2 Å². The highest BCUT2D eigenvalue weighted by molar-refractivity contribution is 5.99. The summed E-state index contributed by atoms with van der Waals surface area (Å²) in [7, 11) is 0. The van der Waals surface area contributed by atoms with Crippen LogP contribution >= 0.6 is 0 Å². The highest BCUT2D eigenvalue weighted by atomic mass is 16.4. The number of carboxylic acid groups (broad SMARTS) is 2. The first kappa shape index (κ1) is 39.2. The SMILES string of the molecule is CCC(CC)C(=O)N[C@H](C(=O)N[C@@H](CC(=O)N1CCCC1)C(=O)N[C@H](C(=O)N[C@@H](CC(C)C)C(=O)O)C1(C(=O)O)CC=CC1)C(C)C. The molecule has 6 N–H and O–H groups in total. The topological polar surface area (TPSA) is 211 Å². The van der Waals surface area contributed by atoms with Crippen molar-refractivity contribution in [2.45, 2.75) is 117 Å². The molecule has 0 aromatic heterocycles. The van der Waals surface area contributed by atoms with E-state index in [-0.39, 0.29) is 37.0 Å². The third-order valence-electron chi connectivity index (χ3n) is 9.05. The summed E-state index contributed by atoms with van der Waals surface area (Å²) in [5.74, 6) is -6.97. The monoisotopic (exact) mass is 663 g/mol. The molecule has 264 valence electrons. The molecule has 47 heavy (non-hydrogen) atoms. The van der Waals surface area contributed by atoms with Gasteiger partial charge in [0.15, 0.2) is 0 Å². The summed E-state index contributed by atoms with van der Waals surface area (Å²) in [4.78, 5) is 93.6.